The summed E-state index contributed by atoms with van der Waals surface area (Å²) in [6.45, 7) is 2.60. The quantitative estimate of drug-likeness (QED) is 0.741. The fourth-order valence-electron chi connectivity index (χ4n) is 1.50. The van der Waals surface area contributed by atoms with Gasteiger partial charge in [0, 0.05) is 25.3 Å². The maximum absolute atomic E-state index is 5.10. The zero-order valence-corrected chi connectivity index (χ0v) is 9.08. The van der Waals surface area contributed by atoms with Gasteiger partial charge in [-0.1, -0.05) is 19.1 Å². The maximum Gasteiger partial charge on any atom is 0.0950 e. The molecular formula is C11H18N2O. The molecule has 0 saturated heterocycles. The first-order chi connectivity index (χ1) is 6.69. The molecule has 0 fully saturated rings. The molecule has 0 spiro atoms. The molecule has 0 saturated carbocycles. The molecule has 0 aliphatic heterocycles. The average Bonchev–Trinajstić information content (AvgIpc) is 2.17. The molecule has 1 aromatic rings. The van der Waals surface area contributed by atoms with E-state index in [0.717, 1.165) is 17.7 Å². The summed E-state index contributed by atoms with van der Waals surface area (Å²) in [5.74, 6) is 5.10. The van der Waals surface area contributed by atoms with Gasteiger partial charge in [0.1, 0.15) is 0 Å². The Balaban J connectivity index is 3.03. The van der Waals surface area contributed by atoms with E-state index in [1.54, 1.807) is 0 Å². The molecular weight excluding hydrogens is 176 g/mol. The van der Waals surface area contributed by atoms with Gasteiger partial charge in [0.15, 0.2) is 0 Å². The number of nitrogens with two attached hydrogens (primary N) is 1. The number of anilines is 1. The molecule has 0 aliphatic rings. The molecule has 3 nitrogen and oxygen atoms in total. The second kappa shape index (κ2) is 4.98. The number of nitrogens with zero attached hydrogens (tertiary/aromatic N) is 1. The normalized spacial score (nSPS) is 10.3. The molecule has 0 amide bonds. The lowest BCUT2D eigenvalue weighted by atomic mass is 10.1. The number of hydrogen-bond donors (Lipinski definition) is 1. The molecule has 0 radical (unpaired) electrons. The summed E-state index contributed by atoms with van der Waals surface area (Å²) in [6, 6.07) is 6.38. The van der Waals surface area contributed by atoms with Crippen LogP contribution in [0.3, 0.4) is 0 Å². The SMILES string of the molecule is CCc1ccc(N(C)C)c(CON)c1. The van der Waals surface area contributed by atoms with Crippen LogP contribution in [-0.4, -0.2) is 14.1 Å². The van der Waals surface area contributed by atoms with Gasteiger partial charge in [-0.3, -0.25) is 4.84 Å². The van der Waals surface area contributed by atoms with Crippen LogP contribution in [0.4, 0.5) is 5.69 Å². The molecule has 78 valence electrons. The molecule has 0 bridgehead atoms. The molecule has 1 aromatic carbocycles. The van der Waals surface area contributed by atoms with Gasteiger partial charge in [-0.2, -0.15) is 0 Å². The topological polar surface area (TPSA) is 38.5 Å². The number of rotatable bonds is 4. The molecule has 0 aromatic heterocycles. The average molecular weight is 194 g/mol. The van der Waals surface area contributed by atoms with Gasteiger partial charge in [0.05, 0.1) is 6.61 Å². The van der Waals surface area contributed by atoms with Crippen molar-refractivity contribution in [3.63, 3.8) is 0 Å². The van der Waals surface area contributed by atoms with E-state index in [1.807, 2.05) is 14.1 Å². The van der Waals surface area contributed by atoms with E-state index < -0.39 is 0 Å². The van der Waals surface area contributed by atoms with Crippen LogP contribution >= 0.6 is 0 Å². The van der Waals surface area contributed by atoms with Gasteiger partial charge < -0.3 is 4.90 Å². The van der Waals surface area contributed by atoms with Gasteiger partial charge in [-0.25, -0.2) is 5.90 Å². The minimum Gasteiger partial charge on any atom is -0.377 e. The second-order valence-corrected chi connectivity index (χ2v) is 3.52. The first-order valence-corrected chi connectivity index (χ1v) is 4.79. The summed E-state index contributed by atoms with van der Waals surface area (Å²) >= 11 is 0. The van der Waals surface area contributed by atoms with Gasteiger partial charge in [-0.15, -0.1) is 0 Å². The summed E-state index contributed by atoms with van der Waals surface area (Å²) in [5.41, 5.74) is 3.60. The Labute approximate surface area is 85.4 Å². The van der Waals surface area contributed by atoms with Gasteiger partial charge in [0.2, 0.25) is 0 Å². The fraction of sp³-hybridized carbons (Fsp3) is 0.455. The van der Waals surface area contributed by atoms with Crippen molar-refractivity contribution in [3.8, 4) is 0 Å². The third-order valence-electron chi connectivity index (χ3n) is 2.27. The first kappa shape index (κ1) is 11.0. The Morgan fingerprint density at radius 1 is 1.36 bits per heavy atom. The highest BCUT2D eigenvalue weighted by molar-refractivity contribution is 5.53. The van der Waals surface area contributed by atoms with E-state index >= 15 is 0 Å². The summed E-state index contributed by atoms with van der Waals surface area (Å²) in [5, 5.41) is 0. The van der Waals surface area contributed by atoms with E-state index in [0.29, 0.717) is 6.61 Å². The molecule has 0 atom stereocenters. The number of hydrogen-bond acceptors (Lipinski definition) is 3. The third-order valence-corrected chi connectivity index (χ3v) is 2.27. The van der Waals surface area contributed by atoms with Crippen LogP contribution < -0.4 is 10.8 Å². The molecule has 3 heteroatoms. The van der Waals surface area contributed by atoms with Crippen LogP contribution in [-0.2, 0) is 17.9 Å². The summed E-state index contributed by atoms with van der Waals surface area (Å²) < 4.78 is 0. The molecule has 0 aliphatic carbocycles. The molecule has 2 N–H and O–H groups in total. The van der Waals surface area contributed by atoms with Gasteiger partial charge in [-0.05, 0) is 18.1 Å². The fourth-order valence-corrected chi connectivity index (χ4v) is 1.50. The summed E-state index contributed by atoms with van der Waals surface area (Å²) in [6.07, 6.45) is 1.03. The van der Waals surface area contributed by atoms with Crippen LogP contribution in [0.5, 0.6) is 0 Å². The van der Waals surface area contributed by atoms with Crippen LogP contribution in [0.1, 0.15) is 18.1 Å². The molecule has 0 heterocycles. The first-order valence-electron chi connectivity index (χ1n) is 4.79. The summed E-state index contributed by atoms with van der Waals surface area (Å²) in [4.78, 5) is 6.75. The maximum atomic E-state index is 5.10. The molecule has 14 heavy (non-hydrogen) atoms. The van der Waals surface area contributed by atoms with Crippen molar-refractivity contribution in [2.24, 2.45) is 5.90 Å². The van der Waals surface area contributed by atoms with Crippen molar-refractivity contribution in [2.45, 2.75) is 20.0 Å². The Bertz CT molecular complexity index is 297. The predicted octanol–water partition coefficient (Wildman–Crippen LogP) is 1.71. The molecule has 0 unspecified atom stereocenters. The van der Waals surface area contributed by atoms with E-state index in [2.05, 4.69) is 30.0 Å². The monoisotopic (exact) mass is 194 g/mol. The predicted molar refractivity (Wildman–Crippen MR) is 59.1 cm³/mol. The van der Waals surface area contributed by atoms with Crippen LogP contribution in [0.25, 0.3) is 0 Å². The minimum atomic E-state index is 0.460. The Morgan fingerprint density at radius 3 is 2.57 bits per heavy atom. The third kappa shape index (κ3) is 2.47. The van der Waals surface area contributed by atoms with Crippen LogP contribution in [0, 0.1) is 0 Å². The minimum absolute atomic E-state index is 0.460. The van der Waals surface area contributed by atoms with E-state index in [4.69, 9.17) is 10.7 Å². The van der Waals surface area contributed by atoms with Crippen LogP contribution in [0.2, 0.25) is 0 Å². The lowest BCUT2D eigenvalue weighted by Gasteiger charge is -2.17. The lowest BCUT2D eigenvalue weighted by molar-refractivity contribution is 0.124. The smallest absolute Gasteiger partial charge is 0.0950 e. The highest BCUT2D eigenvalue weighted by Gasteiger charge is 2.04. The van der Waals surface area contributed by atoms with Crippen molar-refractivity contribution in [3.05, 3.63) is 29.3 Å². The van der Waals surface area contributed by atoms with Crippen molar-refractivity contribution >= 4 is 5.69 Å². The van der Waals surface area contributed by atoms with Gasteiger partial charge in [0.25, 0.3) is 0 Å². The highest BCUT2D eigenvalue weighted by Crippen LogP contribution is 2.20. The van der Waals surface area contributed by atoms with Crippen molar-refractivity contribution < 1.29 is 4.84 Å². The van der Waals surface area contributed by atoms with E-state index in [1.165, 1.54) is 5.56 Å². The number of benzene rings is 1. The zero-order valence-electron chi connectivity index (χ0n) is 9.08. The largest absolute Gasteiger partial charge is 0.377 e. The number of aryl methyl sites for hydroxylation is 1. The van der Waals surface area contributed by atoms with Crippen LogP contribution in [0.15, 0.2) is 18.2 Å². The Kier molecular flexibility index (Phi) is 3.92. The Hall–Kier alpha value is -1.06. The second-order valence-electron chi connectivity index (χ2n) is 3.52. The Morgan fingerprint density at radius 2 is 2.07 bits per heavy atom. The van der Waals surface area contributed by atoms with Crippen molar-refractivity contribution in [1.82, 2.24) is 0 Å². The zero-order chi connectivity index (χ0) is 10.6. The highest BCUT2D eigenvalue weighted by atomic mass is 16.6. The van der Waals surface area contributed by atoms with Crippen molar-refractivity contribution in [2.75, 3.05) is 19.0 Å². The van der Waals surface area contributed by atoms with E-state index in [-0.39, 0.29) is 0 Å². The summed E-state index contributed by atoms with van der Waals surface area (Å²) in [7, 11) is 4.03. The van der Waals surface area contributed by atoms with E-state index in [9.17, 15) is 0 Å². The van der Waals surface area contributed by atoms with Gasteiger partial charge >= 0.3 is 0 Å². The van der Waals surface area contributed by atoms with Crippen molar-refractivity contribution in [1.29, 1.82) is 0 Å². The molecule has 1 rings (SSSR count). The lowest BCUT2D eigenvalue weighted by Crippen LogP contribution is -2.13. The standard InChI is InChI=1S/C11H18N2O/c1-4-9-5-6-11(13(2)3)10(7-9)8-14-12/h5-7H,4,8,12H2,1-3H3.